The molecule has 0 spiro atoms. The van der Waals surface area contributed by atoms with Crippen LogP contribution in [-0.4, -0.2) is 43.2 Å². The number of carbonyl (C=O) groups excluding carboxylic acids is 1. The van der Waals surface area contributed by atoms with Crippen LogP contribution < -0.4 is 15.4 Å². The second-order valence-corrected chi connectivity index (χ2v) is 7.42. The Morgan fingerprint density at radius 1 is 1.37 bits per heavy atom. The summed E-state index contributed by atoms with van der Waals surface area (Å²) in [6.45, 7) is 8.17. The minimum Gasteiger partial charge on any atom is -0.489 e. The summed E-state index contributed by atoms with van der Waals surface area (Å²) in [5.74, 6) is 0.347. The normalized spacial score (nSPS) is 13.1. The zero-order valence-electron chi connectivity index (χ0n) is 17.7. The van der Waals surface area contributed by atoms with Crippen LogP contribution in [0.4, 0.5) is 4.39 Å². The van der Waals surface area contributed by atoms with Crippen LogP contribution in [0, 0.1) is 12.7 Å². The third kappa shape index (κ3) is 7.71. The van der Waals surface area contributed by atoms with Crippen LogP contribution in [0.2, 0.25) is 0 Å². The average molecular weight is 550 g/mol. The number of thiazole rings is 1. The van der Waals surface area contributed by atoms with E-state index in [0.717, 1.165) is 5.01 Å². The summed E-state index contributed by atoms with van der Waals surface area (Å²) in [7, 11) is 1.66. The number of halogens is 2. The third-order valence-electron chi connectivity index (χ3n) is 3.91. The van der Waals surface area contributed by atoms with E-state index in [2.05, 4.69) is 20.6 Å². The van der Waals surface area contributed by atoms with Gasteiger partial charge in [0.05, 0.1) is 24.9 Å². The predicted molar refractivity (Wildman–Crippen MR) is 128 cm³/mol. The zero-order valence-corrected chi connectivity index (χ0v) is 20.8. The van der Waals surface area contributed by atoms with Crippen molar-refractivity contribution >= 4 is 47.2 Å². The monoisotopic (exact) mass is 550 g/mol. The van der Waals surface area contributed by atoms with Crippen molar-refractivity contribution in [1.29, 1.82) is 0 Å². The number of benzene rings is 1. The van der Waals surface area contributed by atoms with Gasteiger partial charge in [0.1, 0.15) is 27.6 Å². The Kier molecular flexibility index (Phi) is 11.0. The van der Waals surface area contributed by atoms with Crippen molar-refractivity contribution in [3.8, 4) is 5.75 Å². The maximum atomic E-state index is 13.3. The second kappa shape index (κ2) is 12.7. The summed E-state index contributed by atoms with van der Waals surface area (Å²) < 4.78 is 24.0. The molecule has 0 bridgehead atoms. The van der Waals surface area contributed by atoms with Crippen molar-refractivity contribution in [1.82, 2.24) is 15.6 Å². The molecule has 2 N–H and O–H groups in total. The van der Waals surface area contributed by atoms with Gasteiger partial charge in [0, 0.05) is 13.1 Å². The van der Waals surface area contributed by atoms with Crippen molar-refractivity contribution in [3.05, 3.63) is 45.7 Å². The quantitative estimate of drug-likeness (QED) is 0.223. The standard InChI is InChI=1S/C20H27FN4O3S.HI/c1-6-27-19(26)17-13(3)24-18(29-17)14(4)25-20(22-5)23-11-12(2)28-16-9-7-8-15(21)10-16;/h7-10,12,14H,6,11H2,1-5H3,(H2,22,23,25);1H. The van der Waals surface area contributed by atoms with Crippen LogP contribution in [-0.2, 0) is 4.74 Å². The van der Waals surface area contributed by atoms with Gasteiger partial charge >= 0.3 is 5.97 Å². The highest BCUT2D eigenvalue weighted by atomic mass is 127. The molecule has 2 aromatic rings. The number of aryl methyl sites for hydroxylation is 1. The molecule has 1 aromatic carbocycles. The number of aliphatic imine (C=N–C) groups is 1. The molecule has 2 atom stereocenters. The van der Waals surface area contributed by atoms with Crippen molar-refractivity contribution in [2.24, 2.45) is 4.99 Å². The summed E-state index contributed by atoms with van der Waals surface area (Å²) in [5.41, 5.74) is 0.650. The highest BCUT2D eigenvalue weighted by molar-refractivity contribution is 14.0. The molecule has 0 radical (unpaired) electrons. The SMILES string of the molecule is CCOC(=O)c1sc(C(C)NC(=NC)NCC(C)Oc2cccc(F)c2)nc1C.I. The van der Waals surface area contributed by atoms with Gasteiger partial charge in [-0.1, -0.05) is 6.07 Å². The molecule has 0 aliphatic carbocycles. The minimum atomic E-state index is -0.355. The van der Waals surface area contributed by atoms with Crippen LogP contribution in [0.1, 0.15) is 47.2 Å². The van der Waals surface area contributed by atoms with E-state index in [0.29, 0.717) is 35.4 Å². The second-order valence-electron chi connectivity index (χ2n) is 6.39. The Bertz CT molecular complexity index is 862. The van der Waals surface area contributed by atoms with E-state index in [1.807, 2.05) is 13.8 Å². The first kappa shape index (κ1) is 26.1. The van der Waals surface area contributed by atoms with Crippen molar-refractivity contribution in [3.63, 3.8) is 0 Å². The molecule has 0 saturated carbocycles. The maximum Gasteiger partial charge on any atom is 0.350 e. The van der Waals surface area contributed by atoms with Crippen LogP contribution in [0.5, 0.6) is 5.75 Å². The summed E-state index contributed by atoms with van der Waals surface area (Å²) in [6.07, 6.45) is -0.205. The Hall–Kier alpha value is -1.95. The molecule has 2 unspecified atom stereocenters. The van der Waals surface area contributed by atoms with E-state index >= 15 is 0 Å². The van der Waals surface area contributed by atoms with Crippen molar-refractivity contribution in [2.75, 3.05) is 20.2 Å². The molecule has 166 valence electrons. The molecule has 2 rings (SSSR count). The fourth-order valence-corrected chi connectivity index (χ4v) is 3.47. The summed E-state index contributed by atoms with van der Waals surface area (Å²) in [4.78, 5) is 21.2. The first-order chi connectivity index (χ1) is 13.8. The lowest BCUT2D eigenvalue weighted by Gasteiger charge is -2.19. The van der Waals surface area contributed by atoms with E-state index < -0.39 is 0 Å². The highest BCUT2D eigenvalue weighted by Crippen LogP contribution is 2.24. The summed E-state index contributed by atoms with van der Waals surface area (Å²) in [5, 5.41) is 7.18. The van der Waals surface area contributed by atoms with Gasteiger partial charge in [0.2, 0.25) is 0 Å². The molecular weight excluding hydrogens is 522 g/mol. The van der Waals surface area contributed by atoms with Crippen LogP contribution in [0.15, 0.2) is 29.3 Å². The average Bonchev–Trinajstić information content (AvgIpc) is 3.07. The predicted octanol–water partition coefficient (Wildman–Crippen LogP) is 4.08. The van der Waals surface area contributed by atoms with Gasteiger partial charge in [-0.2, -0.15) is 0 Å². The van der Waals surface area contributed by atoms with Crippen molar-refractivity contribution < 1.29 is 18.7 Å². The lowest BCUT2D eigenvalue weighted by Crippen LogP contribution is -2.42. The van der Waals surface area contributed by atoms with Gasteiger partial charge in [0.15, 0.2) is 5.96 Å². The Morgan fingerprint density at radius 3 is 2.73 bits per heavy atom. The molecular formula is C20H28FIN4O3S. The zero-order chi connectivity index (χ0) is 21.4. The first-order valence-electron chi connectivity index (χ1n) is 9.37. The number of hydrogen-bond acceptors (Lipinski definition) is 6. The highest BCUT2D eigenvalue weighted by Gasteiger charge is 2.20. The van der Waals surface area contributed by atoms with Gasteiger partial charge in [-0.3, -0.25) is 4.99 Å². The molecule has 10 heteroatoms. The van der Waals surface area contributed by atoms with Crippen LogP contribution in [0.25, 0.3) is 0 Å². The maximum absolute atomic E-state index is 13.3. The Morgan fingerprint density at radius 2 is 2.10 bits per heavy atom. The van der Waals surface area contributed by atoms with E-state index in [1.165, 1.54) is 23.5 Å². The smallest absolute Gasteiger partial charge is 0.350 e. The number of ether oxygens (including phenoxy) is 2. The Balaban J connectivity index is 0.00000450. The van der Waals surface area contributed by atoms with E-state index in [1.54, 1.807) is 33.0 Å². The summed E-state index contributed by atoms with van der Waals surface area (Å²) >= 11 is 1.30. The lowest BCUT2D eigenvalue weighted by atomic mass is 10.3. The molecule has 0 fully saturated rings. The fraction of sp³-hybridized carbons (Fsp3) is 0.450. The molecule has 30 heavy (non-hydrogen) atoms. The van der Waals surface area contributed by atoms with Crippen LogP contribution >= 0.6 is 35.3 Å². The number of aromatic nitrogens is 1. The van der Waals surface area contributed by atoms with Crippen molar-refractivity contribution in [2.45, 2.75) is 39.8 Å². The number of nitrogens with zero attached hydrogens (tertiary/aromatic N) is 2. The topological polar surface area (TPSA) is 84.8 Å². The molecule has 0 saturated heterocycles. The van der Waals surface area contributed by atoms with Gasteiger partial charge in [0.25, 0.3) is 0 Å². The van der Waals surface area contributed by atoms with Gasteiger partial charge in [-0.05, 0) is 39.8 Å². The van der Waals surface area contributed by atoms with Crippen LogP contribution in [0.3, 0.4) is 0 Å². The summed E-state index contributed by atoms with van der Waals surface area (Å²) in [6, 6.07) is 5.87. The third-order valence-corrected chi connectivity index (χ3v) is 5.23. The Labute approximate surface area is 197 Å². The molecule has 1 aromatic heterocycles. The number of hydrogen-bond donors (Lipinski definition) is 2. The van der Waals surface area contributed by atoms with E-state index in [9.17, 15) is 9.18 Å². The lowest BCUT2D eigenvalue weighted by molar-refractivity contribution is 0.0531. The molecule has 0 aliphatic heterocycles. The minimum absolute atomic E-state index is 0. The number of esters is 1. The van der Waals surface area contributed by atoms with E-state index in [-0.39, 0.29) is 47.9 Å². The molecule has 0 amide bonds. The van der Waals surface area contributed by atoms with E-state index in [4.69, 9.17) is 9.47 Å². The van der Waals surface area contributed by atoms with Gasteiger partial charge in [-0.25, -0.2) is 14.2 Å². The number of nitrogens with one attached hydrogen (secondary N) is 2. The first-order valence-corrected chi connectivity index (χ1v) is 10.2. The molecule has 0 aliphatic rings. The number of guanidine groups is 1. The molecule has 1 heterocycles. The number of rotatable bonds is 8. The largest absolute Gasteiger partial charge is 0.489 e. The molecule has 7 nitrogen and oxygen atoms in total. The fourth-order valence-electron chi connectivity index (χ4n) is 2.50. The van der Waals surface area contributed by atoms with Gasteiger partial charge in [-0.15, -0.1) is 35.3 Å². The van der Waals surface area contributed by atoms with Gasteiger partial charge < -0.3 is 20.1 Å². The number of carbonyl (C=O) groups is 1.